The smallest absolute Gasteiger partial charge is 0.341 e. The average Bonchev–Trinajstić information content (AvgIpc) is 3.15. The van der Waals surface area contributed by atoms with Crippen LogP contribution >= 0.6 is 11.3 Å². The number of hydrogen-bond donors (Lipinski definition) is 2. The first-order valence-electron chi connectivity index (χ1n) is 9.90. The van der Waals surface area contributed by atoms with Gasteiger partial charge in [0.2, 0.25) is 0 Å². The van der Waals surface area contributed by atoms with E-state index in [2.05, 4.69) is 10.6 Å². The molecule has 2 aromatic carbocycles. The molecular weight excluding hydrogens is 462 g/mol. The molecular formula is C23H21N3O7S. The van der Waals surface area contributed by atoms with Gasteiger partial charge in [-0.1, -0.05) is 18.2 Å². The number of para-hydroxylation sites is 1. The Labute approximate surface area is 198 Å². The van der Waals surface area contributed by atoms with E-state index in [-0.39, 0.29) is 32.4 Å². The normalized spacial score (nSPS) is 10.4. The van der Waals surface area contributed by atoms with Gasteiger partial charge in [-0.2, -0.15) is 0 Å². The highest BCUT2D eigenvalue weighted by Crippen LogP contribution is 2.35. The number of carbonyl (C=O) groups is 3. The molecule has 2 N–H and O–H groups in total. The van der Waals surface area contributed by atoms with Gasteiger partial charge in [0.05, 0.1) is 29.6 Å². The summed E-state index contributed by atoms with van der Waals surface area (Å²) < 4.78 is 9.79. The molecule has 10 nitrogen and oxygen atoms in total. The van der Waals surface area contributed by atoms with Crippen LogP contribution in [-0.4, -0.2) is 36.9 Å². The molecule has 0 saturated heterocycles. The van der Waals surface area contributed by atoms with Crippen LogP contribution in [0.2, 0.25) is 0 Å². The second-order valence-corrected chi connectivity index (χ2v) is 8.14. The molecule has 176 valence electrons. The maximum absolute atomic E-state index is 13.0. The standard InChI is InChI=1S/C23H21N3O7S/c1-12-7-5-6-8-15(12)24-21(28)19-13(2)18(23(29)33-4)22(34-19)25-20(27)14-9-10-17(32-3)16(11-14)26(30)31/h5-11H,1-4H3,(H,24,28)(H,25,27). The number of nitrogens with one attached hydrogen (secondary N) is 2. The third kappa shape index (κ3) is 4.89. The van der Waals surface area contributed by atoms with Crippen LogP contribution in [0.5, 0.6) is 5.75 Å². The number of hydrogen-bond acceptors (Lipinski definition) is 8. The Morgan fingerprint density at radius 2 is 1.71 bits per heavy atom. The molecule has 3 rings (SSSR count). The van der Waals surface area contributed by atoms with Crippen LogP contribution in [0.3, 0.4) is 0 Å². The van der Waals surface area contributed by atoms with Gasteiger partial charge in [0.15, 0.2) is 5.75 Å². The van der Waals surface area contributed by atoms with Crippen molar-refractivity contribution in [2.45, 2.75) is 13.8 Å². The molecule has 3 aromatic rings. The number of methoxy groups -OCH3 is 2. The topological polar surface area (TPSA) is 137 Å². The quantitative estimate of drug-likeness (QED) is 0.285. The summed E-state index contributed by atoms with van der Waals surface area (Å²) >= 11 is 0.901. The summed E-state index contributed by atoms with van der Waals surface area (Å²) in [5.41, 5.74) is 1.41. The SMILES string of the molecule is COC(=O)c1c(NC(=O)c2ccc(OC)c([N+](=O)[O-])c2)sc(C(=O)Nc2ccccc2C)c1C. The number of nitrogens with zero attached hydrogens (tertiary/aromatic N) is 1. The van der Waals surface area contributed by atoms with Gasteiger partial charge in [-0.25, -0.2) is 4.79 Å². The van der Waals surface area contributed by atoms with Crippen LogP contribution in [-0.2, 0) is 4.74 Å². The summed E-state index contributed by atoms with van der Waals surface area (Å²) in [7, 11) is 2.47. The lowest BCUT2D eigenvalue weighted by molar-refractivity contribution is -0.385. The lowest BCUT2D eigenvalue weighted by Crippen LogP contribution is -2.15. The number of esters is 1. The molecule has 0 saturated carbocycles. The number of ether oxygens (including phenoxy) is 2. The molecule has 0 bridgehead atoms. The molecule has 0 aliphatic rings. The predicted molar refractivity (Wildman–Crippen MR) is 127 cm³/mol. The molecule has 0 atom stereocenters. The van der Waals surface area contributed by atoms with Crippen molar-refractivity contribution in [2.75, 3.05) is 24.9 Å². The van der Waals surface area contributed by atoms with E-state index in [1.54, 1.807) is 19.1 Å². The van der Waals surface area contributed by atoms with E-state index in [0.29, 0.717) is 11.3 Å². The number of anilines is 2. The molecule has 1 aromatic heterocycles. The van der Waals surface area contributed by atoms with E-state index in [1.807, 2.05) is 19.1 Å². The fourth-order valence-corrected chi connectivity index (χ4v) is 4.29. The average molecular weight is 484 g/mol. The molecule has 0 unspecified atom stereocenters. The number of aryl methyl sites for hydroxylation is 1. The van der Waals surface area contributed by atoms with Gasteiger partial charge in [-0.15, -0.1) is 11.3 Å². The minimum Gasteiger partial charge on any atom is -0.490 e. The van der Waals surface area contributed by atoms with Crippen LogP contribution < -0.4 is 15.4 Å². The summed E-state index contributed by atoms with van der Waals surface area (Å²) in [5.74, 6) is -1.90. The van der Waals surface area contributed by atoms with Crippen LogP contribution in [0.1, 0.15) is 41.5 Å². The number of benzene rings is 2. The van der Waals surface area contributed by atoms with Crippen molar-refractivity contribution in [3.8, 4) is 5.75 Å². The fourth-order valence-electron chi connectivity index (χ4n) is 3.21. The van der Waals surface area contributed by atoms with Gasteiger partial charge in [0.1, 0.15) is 5.00 Å². The minimum absolute atomic E-state index is 0.000990. The van der Waals surface area contributed by atoms with E-state index in [9.17, 15) is 24.5 Å². The van der Waals surface area contributed by atoms with Gasteiger partial charge in [-0.3, -0.25) is 19.7 Å². The van der Waals surface area contributed by atoms with Gasteiger partial charge < -0.3 is 20.1 Å². The second-order valence-electron chi connectivity index (χ2n) is 7.12. The molecule has 34 heavy (non-hydrogen) atoms. The Morgan fingerprint density at radius 3 is 2.32 bits per heavy atom. The van der Waals surface area contributed by atoms with Crippen molar-refractivity contribution in [3.63, 3.8) is 0 Å². The maximum Gasteiger partial charge on any atom is 0.341 e. The largest absolute Gasteiger partial charge is 0.490 e. The van der Waals surface area contributed by atoms with Gasteiger partial charge in [0.25, 0.3) is 11.8 Å². The maximum atomic E-state index is 13.0. The summed E-state index contributed by atoms with van der Waals surface area (Å²) in [6, 6.07) is 10.9. The van der Waals surface area contributed by atoms with Crippen molar-refractivity contribution < 1.29 is 28.8 Å². The monoisotopic (exact) mass is 483 g/mol. The zero-order valence-corrected chi connectivity index (χ0v) is 19.6. The third-order valence-electron chi connectivity index (χ3n) is 5.00. The van der Waals surface area contributed by atoms with Crippen LogP contribution in [0.25, 0.3) is 0 Å². The van der Waals surface area contributed by atoms with E-state index < -0.39 is 22.7 Å². The van der Waals surface area contributed by atoms with Crippen molar-refractivity contribution in [3.05, 3.63) is 79.7 Å². The van der Waals surface area contributed by atoms with Crippen molar-refractivity contribution in [1.82, 2.24) is 0 Å². The van der Waals surface area contributed by atoms with E-state index >= 15 is 0 Å². The molecule has 2 amide bonds. The molecule has 1 heterocycles. The summed E-state index contributed by atoms with van der Waals surface area (Å²) in [5, 5.41) is 16.7. The zero-order valence-electron chi connectivity index (χ0n) is 18.8. The first-order valence-corrected chi connectivity index (χ1v) is 10.7. The Hall–Kier alpha value is -4.25. The summed E-state index contributed by atoms with van der Waals surface area (Å²) in [6.07, 6.45) is 0. The van der Waals surface area contributed by atoms with Crippen molar-refractivity contribution in [2.24, 2.45) is 0 Å². The predicted octanol–water partition coefficient (Wildman–Crippen LogP) is 4.57. The van der Waals surface area contributed by atoms with Crippen LogP contribution in [0.4, 0.5) is 16.4 Å². The second kappa shape index (κ2) is 10.1. The summed E-state index contributed by atoms with van der Waals surface area (Å²) in [4.78, 5) is 49.1. The molecule has 0 fully saturated rings. The Bertz CT molecular complexity index is 1300. The lowest BCUT2D eigenvalue weighted by atomic mass is 10.1. The highest BCUT2D eigenvalue weighted by Gasteiger charge is 2.27. The third-order valence-corrected chi connectivity index (χ3v) is 6.21. The van der Waals surface area contributed by atoms with Crippen molar-refractivity contribution in [1.29, 1.82) is 0 Å². The van der Waals surface area contributed by atoms with E-state index in [1.165, 1.54) is 26.4 Å². The van der Waals surface area contributed by atoms with Crippen LogP contribution in [0, 0.1) is 24.0 Å². The molecule has 0 aliphatic carbocycles. The number of amides is 2. The van der Waals surface area contributed by atoms with Gasteiger partial charge in [-0.05, 0) is 43.2 Å². The van der Waals surface area contributed by atoms with Gasteiger partial charge >= 0.3 is 11.7 Å². The lowest BCUT2D eigenvalue weighted by Gasteiger charge is -2.07. The Kier molecular flexibility index (Phi) is 7.27. The number of rotatable bonds is 7. The van der Waals surface area contributed by atoms with Crippen LogP contribution in [0.15, 0.2) is 42.5 Å². The molecule has 0 aliphatic heterocycles. The molecule has 0 spiro atoms. The van der Waals surface area contributed by atoms with E-state index in [4.69, 9.17) is 9.47 Å². The number of carbonyl (C=O) groups excluding carboxylic acids is 3. The Balaban J connectivity index is 1.96. The number of nitro benzene ring substituents is 1. The first kappa shape index (κ1) is 24.4. The van der Waals surface area contributed by atoms with Gasteiger partial charge in [0, 0.05) is 17.3 Å². The Morgan fingerprint density at radius 1 is 1.00 bits per heavy atom. The number of thiophene rings is 1. The minimum atomic E-state index is -0.736. The highest BCUT2D eigenvalue weighted by molar-refractivity contribution is 7.19. The number of nitro groups is 1. The first-order chi connectivity index (χ1) is 16.2. The zero-order chi connectivity index (χ0) is 25.0. The molecule has 11 heteroatoms. The van der Waals surface area contributed by atoms with Crippen molar-refractivity contribution >= 4 is 45.5 Å². The highest BCUT2D eigenvalue weighted by atomic mass is 32.1. The van der Waals surface area contributed by atoms with E-state index in [0.717, 1.165) is 23.0 Å². The summed E-state index contributed by atoms with van der Waals surface area (Å²) in [6.45, 7) is 3.42. The molecule has 0 radical (unpaired) electrons. The fraction of sp³-hybridized carbons (Fsp3) is 0.174.